The Morgan fingerprint density at radius 1 is 1.50 bits per heavy atom. The van der Waals surface area contributed by atoms with Gasteiger partial charge in [0.25, 0.3) is 0 Å². The highest BCUT2D eigenvalue weighted by Crippen LogP contribution is 2.24. The second-order valence-corrected chi connectivity index (χ2v) is 3.90. The van der Waals surface area contributed by atoms with Crippen LogP contribution in [0.3, 0.4) is 0 Å². The molecule has 4 heteroatoms. The zero-order valence-corrected chi connectivity index (χ0v) is 9.64. The van der Waals surface area contributed by atoms with Crippen molar-refractivity contribution in [3.05, 3.63) is 23.8 Å². The molecule has 0 aromatic heterocycles. The van der Waals surface area contributed by atoms with Crippen LogP contribution >= 0.6 is 0 Å². The fraction of sp³-hybridized carbons (Fsp3) is 0.417. The zero-order valence-electron chi connectivity index (χ0n) is 9.64. The van der Waals surface area contributed by atoms with Gasteiger partial charge in [0.1, 0.15) is 6.07 Å². The van der Waals surface area contributed by atoms with Crippen LogP contribution in [0.2, 0.25) is 0 Å². The number of rotatable bonds is 4. The molecule has 0 bridgehead atoms. The second kappa shape index (κ2) is 5.38. The Morgan fingerprint density at radius 3 is 2.69 bits per heavy atom. The number of hydrogen-bond acceptors (Lipinski definition) is 4. The number of nitrogens with zero attached hydrogens (tertiary/aromatic N) is 2. The zero-order chi connectivity index (χ0) is 12.1. The molecule has 1 aromatic rings. The van der Waals surface area contributed by atoms with Crippen LogP contribution in [0.15, 0.2) is 18.2 Å². The fourth-order valence-electron chi connectivity index (χ4n) is 1.66. The summed E-state index contributed by atoms with van der Waals surface area (Å²) in [4.78, 5) is 1.98. The minimum absolute atomic E-state index is 0.0629. The Morgan fingerprint density at radius 2 is 2.19 bits per heavy atom. The van der Waals surface area contributed by atoms with Crippen molar-refractivity contribution in [2.75, 3.05) is 23.8 Å². The summed E-state index contributed by atoms with van der Waals surface area (Å²) in [6.07, 6.45) is 0. The molecular weight excluding hydrogens is 202 g/mol. The molecule has 0 heterocycles. The molecule has 0 spiro atoms. The largest absolute Gasteiger partial charge is 0.399 e. The van der Waals surface area contributed by atoms with Gasteiger partial charge in [0, 0.05) is 18.3 Å². The van der Waals surface area contributed by atoms with E-state index in [0.717, 1.165) is 5.69 Å². The van der Waals surface area contributed by atoms with Crippen molar-refractivity contribution in [3.8, 4) is 6.07 Å². The second-order valence-electron chi connectivity index (χ2n) is 3.90. The molecule has 16 heavy (non-hydrogen) atoms. The molecule has 1 aromatic carbocycles. The van der Waals surface area contributed by atoms with E-state index in [1.807, 2.05) is 24.8 Å². The van der Waals surface area contributed by atoms with Gasteiger partial charge in [-0.05, 0) is 32.0 Å². The van der Waals surface area contributed by atoms with Gasteiger partial charge in [0.05, 0.1) is 17.9 Å². The van der Waals surface area contributed by atoms with E-state index in [9.17, 15) is 0 Å². The van der Waals surface area contributed by atoms with Gasteiger partial charge in [-0.3, -0.25) is 0 Å². The highest BCUT2D eigenvalue weighted by Gasteiger charge is 2.13. The number of benzene rings is 1. The van der Waals surface area contributed by atoms with Gasteiger partial charge in [-0.15, -0.1) is 0 Å². The molecule has 4 nitrogen and oxygen atoms in total. The third-order valence-corrected chi connectivity index (χ3v) is 2.41. The Balaban J connectivity index is 3.14. The first-order chi connectivity index (χ1) is 7.60. The summed E-state index contributed by atoms with van der Waals surface area (Å²) in [6.45, 7) is 4.62. The van der Waals surface area contributed by atoms with E-state index in [2.05, 4.69) is 6.07 Å². The number of nitrogen functional groups attached to an aromatic ring is 1. The van der Waals surface area contributed by atoms with Crippen LogP contribution in [-0.4, -0.2) is 24.3 Å². The van der Waals surface area contributed by atoms with Crippen molar-refractivity contribution in [1.29, 1.82) is 5.26 Å². The standard InChI is InChI=1S/C12H17N3O/c1-9(2)15(5-6-16)12-4-3-11(14)7-10(12)8-13/h3-4,7,9,16H,5-6,14H2,1-2H3. The summed E-state index contributed by atoms with van der Waals surface area (Å²) in [5.74, 6) is 0. The van der Waals surface area contributed by atoms with Crippen molar-refractivity contribution in [3.63, 3.8) is 0 Å². The van der Waals surface area contributed by atoms with Gasteiger partial charge in [0.2, 0.25) is 0 Å². The van der Waals surface area contributed by atoms with E-state index < -0.39 is 0 Å². The number of aliphatic hydroxyl groups is 1. The molecular formula is C12H17N3O. The lowest BCUT2D eigenvalue weighted by Gasteiger charge is -2.29. The molecule has 86 valence electrons. The number of nitriles is 1. The first kappa shape index (κ1) is 12.3. The fourth-order valence-corrected chi connectivity index (χ4v) is 1.66. The van der Waals surface area contributed by atoms with Crippen molar-refractivity contribution in [1.82, 2.24) is 0 Å². The number of anilines is 2. The normalized spacial score (nSPS) is 10.2. The summed E-state index contributed by atoms with van der Waals surface area (Å²) >= 11 is 0. The average molecular weight is 219 g/mol. The molecule has 0 fully saturated rings. The maximum Gasteiger partial charge on any atom is 0.101 e. The van der Waals surface area contributed by atoms with Gasteiger partial charge in [-0.1, -0.05) is 0 Å². The predicted molar refractivity (Wildman–Crippen MR) is 65.1 cm³/mol. The molecule has 0 amide bonds. The lowest BCUT2D eigenvalue weighted by Crippen LogP contribution is -2.34. The Bertz CT molecular complexity index is 396. The van der Waals surface area contributed by atoms with Gasteiger partial charge in [-0.2, -0.15) is 5.26 Å². The molecule has 1 rings (SSSR count). The van der Waals surface area contributed by atoms with E-state index in [0.29, 0.717) is 17.8 Å². The average Bonchev–Trinajstić information content (AvgIpc) is 2.26. The van der Waals surface area contributed by atoms with E-state index >= 15 is 0 Å². The van der Waals surface area contributed by atoms with Crippen LogP contribution in [0.25, 0.3) is 0 Å². The Hall–Kier alpha value is -1.73. The quantitative estimate of drug-likeness (QED) is 0.750. The third kappa shape index (κ3) is 2.65. The predicted octanol–water partition coefficient (Wildman–Crippen LogP) is 1.35. The maximum absolute atomic E-state index is 9.05. The monoisotopic (exact) mass is 219 g/mol. The van der Waals surface area contributed by atoms with E-state index in [4.69, 9.17) is 16.1 Å². The van der Waals surface area contributed by atoms with Crippen molar-refractivity contribution < 1.29 is 5.11 Å². The number of hydrogen-bond donors (Lipinski definition) is 2. The molecule has 0 aliphatic rings. The van der Waals surface area contributed by atoms with Crippen molar-refractivity contribution in [2.45, 2.75) is 19.9 Å². The van der Waals surface area contributed by atoms with Crippen LogP contribution in [-0.2, 0) is 0 Å². The summed E-state index contributed by atoms with van der Waals surface area (Å²) in [7, 11) is 0. The molecule has 0 aliphatic carbocycles. The van der Waals surface area contributed by atoms with E-state index in [1.54, 1.807) is 12.1 Å². The third-order valence-electron chi connectivity index (χ3n) is 2.41. The van der Waals surface area contributed by atoms with Crippen LogP contribution < -0.4 is 10.6 Å². The number of nitrogens with two attached hydrogens (primary N) is 1. The SMILES string of the molecule is CC(C)N(CCO)c1ccc(N)cc1C#N. The minimum atomic E-state index is 0.0629. The first-order valence-electron chi connectivity index (χ1n) is 5.27. The van der Waals surface area contributed by atoms with Gasteiger partial charge in [0.15, 0.2) is 0 Å². The van der Waals surface area contributed by atoms with Crippen LogP contribution in [0.1, 0.15) is 19.4 Å². The number of aliphatic hydroxyl groups excluding tert-OH is 1. The molecule has 0 atom stereocenters. The summed E-state index contributed by atoms with van der Waals surface area (Å²) in [6, 6.07) is 7.60. The first-order valence-corrected chi connectivity index (χ1v) is 5.27. The molecule has 0 saturated carbocycles. The van der Waals surface area contributed by atoms with Gasteiger partial charge < -0.3 is 15.7 Å². The van der Waals surface area contributed by atoms with Crippen LogP contribution in [0.4, 0.5) is 11.4 Å². The van der Waals surface area contributed by atoms with Gasteiger partial charge in [-0.25, -0.2) is 0 Å². The van der Waals surface area contributed by atoms with E-state index in [1.165, 1.54) is 0 Å². The molecule has 3 N–H and O–H groups in total. The summed E-state index contributed by atoms with van der Waals surface area (Å²) in [5.41, 5.74) is 7.57. The van der Waals surface area contributed by atoms with Crippen LogP contribution in [0, 0.1) is 11.3 Å². The molecule has 0 saturated heterocycles. The Kier molecular flexibility index (Phi) is 4.15. The van der Waals surface area contributed by atoms with Gasteiger partial charge >= 0.3 is 0 Å². The van der Waals surface area contributed by atoms with E-state index in [-0.39, 0.29) is 12.6 Å². The maximum atomic E-state index is 9.05. The molecule has 0 unspecified atom stereocenters. The highest BCUT2D eigenvalue weighted by molar-refractivity contribution is 5.64. The minimum Gasteiger partial charge on any atom is -0.399 e. The molecule has 0 aliphatic heterocycles. The Labute approximate surface area is 95.9 Å². The lowest BCUT2D eigenvalue weighted by atomic mass is 10.1. The summed E-state index contributed by atoms with van der Waals surface area (Å²) < 4.78 is 0. The highest BCUT2D eigenvalue weighted by atomic mass is 16.3. The van der Waals surface area contributed by atoms with Crippen molar-refractivity contribution >= 4 is 11.4 Å². The van der Waals surface area contributed by atoms with Crippen molar-refractivity contribution in [2.24, 2.45) is 0 Å². The van der Waals surface area contributed by atoms with Crippen LogP contribution in [0.5, 0.6) is 0 Å². The smallest absolute Gasteiger partial charge is 0.101 e. The summed E-state index contributed by atoms with van der Waals surface area (Å²) in [5, 5.41) is 18.1. The molecule has 0 radical (unpaired) electrons. The topological polar surface area (TPSA) is 73.3 Å². The lowest BCUT2D eigenvalue weighted by molar-refractivity contribution is 0.299.